The minimum Gasteiger partial charge on any atom is -0.381 e. The Morgan fingerprint density at radius 2 is 2.03 bits per heavy atom. The lowest BCUT2D eigenvalue weighted by molar-refractivity contribution is -0.280. The fourth-order valence-electron chi connectivity index (χ4n) is 4.62. The van der Waals surface area contributed by atoms with Gasteiger partial charge in [0.25, 0.3) is 0 Å². The van der Waals surface area contributed by atoms with Crippen LogP contribution in [0.15, 0.2) is 0 Å². The van der Waals surface area contributed by atoms with E-state index in [1.807, 2.05) is 4.57 Å². The predicted octanol–water partition coefficient (Wildman–Crippen LogP) is 4.34. The number of halogens is 3. The van der Waals surface area contributed by atoms with Gasteiger partial charge in [0, 0.05) is 30.5 Å². The summed E-state index contributed by atoms with van der Waals surface area (Å²) >= 11 is 1.64. The molecule has 2 aliphatic rings. The molecule has 0 N–H and O–H groups in total. The van der Waals surface area contributed by atoms with Crippen LogP contribution >= 0.6 is 11.3 Å². The number of aromatic nitrogens is 4. The number of hydrogen-bond donors (Lipinski definition) is 0. The summed E-state index contributed by atoms with van der Waals surface area (Å²) in [5, 5.41) is 9.74. The van der Waals surface area contributed by atoms with Gasteiger partial charge in [-0.15, -0.1) is 21.5 Å². The average molecular weight is 488 g/mol. The van der Waals surface area contributed by atoms with Crippen molar-refractivity contribution in [3.05, 3.63) is 21.4 Å². The Morgan fingerprint density at radius 1 is 1.24 bits per heavy atom. The van der Waals surface area contributed by atoms with E-state index in [9.17, 15) is 13.2 Å². The molecule has 0 radical (unpaired) electrons. The molecule has 2 aromatic rings. The molecule has 2 aromatic heterocycles. The minimum absolute atomic E-state index is 0.00843. The molecule has 2 fully saturated rings. The third kappa shape index (κ3) is 4.90. The molecule has 2 unspecified atom stereocenters. The second-order valence-corrected chi connectivity index (χ2v) is 10.5. The first kappa shape index (κ1) is 24.4. The molecule has 2 atom stereocenters. The van der Waals surface area contributed by atoms with Gasteiger partial charge in [-0.25, -0.2) is 4.98 Å². The van der Waals surface area contributed by atoms with E-state index in [0.717, 1.165) is 22.9 Å². The van der Waals surface area contributed by atoms with E-state index < -0.39 is 11.8 Å². The molecule has 0 bridgehead atoms. The van der Waals surface area contributed by atoms with E-state index >= 15 is 0 Å². The summed E-state index contributed by atoms with van der Waals surface area (Å²) in [5.41, 5.74) is -1.12. The normalized spacial score (nSPS) is 24.2. The van der Waals surface area contributed by atoms with E-state index in [2.05, 4.69) is 31.0 Å². The van der Waals surface area contributed by atoms with E-state index in [-0.39, 0.29) is 25.5 Å². The van der Waals surface area contributed by atoms with E-state index in [4.69, 9.17) is 14.5 Å². The maximum absolute atomic E-state index is 13.9. The third-order valence-electron chi connectivity index (χ3n) is 6.56. The van der Waals surface area contributed by atoms with Crippen LogP contribution in [0.1, 0.15) is 60.9 Å². The molecule has 184 valence electrons. The van der Waals surface area contributed by atoms with Crippen LogP contribution in [0.4, 0.5) is 19.1 Å². The van der Waals surface area contributed by atoms with Gasteiger partial charge in [0.15, 0.2) is 5.60 Å². The summed E-state index contributed by atoms with van der Waals surface area (Å²) in [4.78, 5) is 7.66. The maximum atomic E-state index is 13.9. The van der Waals surface area contributed by atoms with Crippen LogP contribution in [0.25, 0.3) is 0 Å². The number of aryl methyl sites for hydroxylation is 1. The first-order valence-corrected chi connectivity index (χ1v) is 12.4. The van der Waals surface area contributed by atoms with Crippen molar-refractivity contribution in [2.75, 3.05) is 37.8 Å². The second-order valence-electron chi connectivity index (χ2n) is 9.25. The highest BCUT2D eigenvalue weighted by molar-refractivity contribution is 7.11. The number of alkyl halides is 3. The standard InChI is InChI=1S/C22H32F3N5O2S/c1-5-21(22(23,24)25)13-29(7-9-32-21)20-28-27-17(30(20)11-16-6-8-31-12-16)10-18-26-19(14(2)3)15(4)33-18/h14,16H,5-13H2,1-4H3. The zero-order valence-corrected chi connectivity index (χ0v) is 20.4. The van der Waals surface area contributed by atoms with Crippen LogP contribution in [0, 0.1) is 12.8 Å². The number of thiazole rings is 1. The van der Waals surface area contributed by atoms with Gasteiger partial charge < -0.3 is 14.4 Å². The molecule has 0 saturated carbocycles. The molecule has 0 aliphatic carbocycles. The van der Waals surface area contributed by atoms with E-state index in [1.165, 1.54) is 11.8 Å². The smallest absolute Gasteiger partial charge is 0.381 e. The molecular weight excluding hydrogens is 455 g/mol. The lowest BCUT2D eigenvalue weighted by atomic mass is 9.97. The molecule has 0 spiro atoms. The van der Waals surface area contributed by atoms with Crippen molar-refractivity contribution in [3.8, 4) is 0 Å². The lowest BCUT2D eigenvalue weighted by Gasteiger charge is -2.43. The lowest BCUT2D eigenvalue weighted by Crippen LogP contribution is -2.60. The fraction of sp³-hybridized carbons (Fsp3) is 0.773. The number of hydrogen-bond acceptors (Lipinski definition) is 7. The van der Waals surface area contributed by atoms with Gasteiger partial charge in [-0.2, -0.15) is 13.2 Å². The first-order chi connectivity index (χ1) is 15.6. The summed E-state index contributed by atoms with van der Waals surface area (Å²) < 4.78 is 54.5. The molecule has 7 nitrogen and oxygen atoms in total. The van der Waals surface area contributed by atoms with Gasteiger partial charge in [0.05, 0.1) is 31.9 Å². The monoisotopic (exact) mass is 487 g/mol. The topological polar surface area (TPSA) is 65.3 Å². The van der Waals surface area contributed by atoms with E-state index in [0.29, 0.717) is 44.6 Å². The molecule has 2 aliphatic heterocycles. The summed E-state index contributed by atoms with van der Waals surface area (Å²) in [6.45, 7) is 9.80. The Labute approximate surface area is 196 Å². The van der Waals surface area contributed by atoms with Crippen molar-refractivity contribution in [2.45, 2.75) is 71.2 Å². The summed E-state index contributed by atoms with van der Waals surface area (Å²) in [5.74, 6) is 1.81. The number of ether oxygens (including phenoxy) is 2. The zero-order valence-electron chi connectivity index (χ0n) is 19.6. The molecular formula is C22H32F3N5O2S. The molecule has 0 amide bonds. The molecule has 4 rings (SSSR count). The van der Waals surface area contributed by atoms with Gasteiger partial charge in [-0.05, 0) is 25.7 Å². The summed E-state index contributed by atoms with van der Waals surface area (Å²) in [6.07, 6.45) is -3.20. The van der Waals surface area contributed by atoms with Gasteiger partial charge in [0.1, 0.15) is 10.8 Å². The quantitative estimate of drug-likeness (QED) is 0.579. The van der Waals surface area contributed by atoms with Crippen molar-refractivity contribution in [2.24, 2.45) is 5.92 Å². The Morgan fingerprint density at radius 3 is 2.64 bits per heavy atom. The number of anilines is 1. The van der Waals surface area contributed by atoms with Crippen molar-refractivity contribution in [1.82, 2.24) is 19.7 Å². The maximum Gasteiger partial charge on any atom is 0.419 e. The Bertz CT molecular complexity index is 954. The number of nitrogens with zero attached hydrogens (tertiary/aromatic N) is 5. The van der Waals surface area contributed by atoms with Crippen molar-refractivity contribution < 1.29 is 22.6 Å². The Balaban J connectivity index is 1.65. The molecule has 11 heteroatoms. The van der Waals surface area contributed by atoms with Crippen LogP contribution in [-0.2, 0) is 22.4 Å². The van der Waals surface area contributed by atoms with Crippen molar-refractivity contribution in [1.29, 1.82) is 0 Å². The highest BCUT2D eigenvalue weighted by Gasteiger charge is 2.57. The van der Waals surface area contributed by atoms with Gasteiger partial charge in [-0.3, -0.25) is 4.57 Å². The molecule has 0 aromatic carbocycles. The van der Waals surface area contributed by atoms with Gasteiger partial charge in [-0.1, -0.05) is 20.8 Å². The highest BCUT2D eigenvalue weighted by atomic mass is 32.1. The van der Waals surface area contributed by atoms with Crippen molar-refractivity contribution >= 4 is 17.3 Å². The molecule has 33 heavy (non-hydrogen) atoms. The van der Waals surface area contributed by atoms with Crippen LogP contribution in [0.5, 0.6) is 0 Å². The van der Waals surface area contributed by atoms with Gasteiger partial charge in [0.2, 0.25) is 5.95 Å². The Hall–Kier alpha value is -1.72. The van der Waals surface area contributed by atoms with Gasteiger partial charge >= 0.3 is 6.18 Å². The molecule has 4 heterocycles. The summed E-state index contributed by atoms with van der Waals surface area (Å²) in [6, 6.07) is 0. The molecule has 2 saturated heterocycles. The Kier molecular flexibility index (Phi) is 7.02. The largest absolute Gasteiger partial charge is 0.419 e. The fourth-order valence-corrected chi connectivity index (χ4v) is 5.70. The number of rotatable bonds is 7. The first-order valence-electron chi connectivity index (χ1n) is 11.5. The average Bonchev–Trinajstić information content (AvgIpc) is 3.49. The zero-order chi connectivity index (χ0) is 23.8. The van der Waals surface area contributed by atoms with E-state index in [1.54, 1.807) is 16.2 Å². The van der Waals surface area contributed by atoms with Crippen molar-refractivity contribution in [3.63, 3.8) is 0 Å². The number of morpholine rings is 1. The van der Waals surface area contributed by atoms with Crippen LogP contribution in [0.2, 0.25) is 0 Å². The highest BCUT2D eigenvalue weighted by Crippen LogP contribution is 2.40. The van der Waals surface area contributed by atoms with Crippen LogP contribution in [-0.4, -0.2) is 64.4 Å². The third-order valence-corrected chi connectivity index (χ3v) is 7.55. The SMILES string of the molecule is CCC1(C(F)(F)F)CN(c2nnc(Cc3nc(C(C)C)c(C)s3)n2CC2CCOC2)CCO1. The predicted molar refractivity (Wildman–Crippen MR) is 120 cm³/mol. The minimum atomic E-state index is -4.46. The van der Waals surface area contributed by atoms with Crippen LogP contribution < -0.4 is 4.90 Å². The van der Waals surface area contributed by atoms with Crippen LogP contribution in [0.3, 0.4) is 0 Å². The second kappa shape index (κ2) is 9.50. The summed E-state index contributed by atoms with van der Waals surface area (Å²) in [7, 11) is 0.